The minimum Gasteiger partial charge on any atom is -0.328 e. The summed E-state index contributed by atoms with van der Waals surface area (Å²) in [5, 5.41) is 0. The van der Waals surface area contributed by atoms with Gasteiger partial charge in [-0.1, -0.05) is 44.6 Å². The van der Waals surface area contributed by atoms with Crippen LogP contribution in [0.2, 0.25) is 0 Å². The smallest absolute Gasteiger partial charge is 0.00414 e. The molecule has 2 unspecified atom stereocenters. The Morgan fingerprint density at radius 1 is 1.13 bits per heavy atom. The summed E-state index contributed by atoms with van der Waals surface area (Å²) in [6, 6.07) is 0.491. The molecule has 1 aliphatic carbocycles. The lowest BCUT2D eigenvalue weighted by Gasteiger charge is -2.16. The average Bonchev–Trinajstić information content (AvgIpc) is 2.43. The fourth-order valence-corrected chi connectivity index (χ4v) is 2.66. The third-order valence-corrected chi connectivity index (χ3v) is 3.59. The van der Waals surface area contributed by atoms with Crippen molar-refractivity contribution in [1.29, 1.82) is 0 Å². The lowest BCUT2D eigenvalue weighted by molar-refractivity contribution is 0.389. The van der Waals surface area contributed by atoms with Crippen LogP contribution in [0, 0.1) is 5.92 Å². The van der Waals surface area contributed by atoms with Gasteiger partial charge in [0.2, 0.25) is 0 Å². The highest BCUT2D eigenvalue weighted by Gasteiger charge is 2.16. The van der Waals surface area contributed by atoms with Crippen molar-refractivity contribution in [1.82, 2.24) is 0 Å². The first-order valence-corrected chi connectivity index (χ1v) is 6.69. The zero-order valence-electron chi connectivity index (χ0n) is 10.1. The van der Waals surface area contributed by atoms with Gasteiger partial charge in [-0.05, 0) is 31.6 Å². The van der Waals surface area contributed by atoms with Crippen molar-refractivity contribution in [2.24, 2.45) is 11.7 Å². The van der Waals surface area contributed by atoms with Gasteiger partial charge in [-0.25, -0.2) is 0 Å². The summed E-state index contributed by atoms with van der Waals surface area (Å²) in [6.07, 6.45) is 15.4. The average molecular weight is 209 g/mol. The second-order valence-corrected chi connectivity index (χ2v) is 5.07. The van der Waals surface area contributed by atoms with Crippen molar-refractivity contribution in [3.8, 4) is 0 Å². The molecule has 1 fully saturated rings. The Kier molecular flexibility index (Phi) is 6.74. The molecule has 0 heterocycles. The molecule has 0 aromatic rings. The van der Waals surface area contributed by atoms with Crippen LogP contribution in [0.5, 0.6) is 0 Å². The summed E-state index contributed by atoms with van der Waals surface area (Å²) in [5.74, 6) is 0.922. The number of allylic oxidation sites excluding steroid dienone is 1. The normalized spacial score (nSPS) is 27.3. The van der Waals surface area contributed by atoms with Gasteiger partial charge in [-0.2, -0.15) is 0 Å². The minimum atomic E-state index is 0.491. The monoisotopic (exact) mass is 209 g/mol. The maximum Gasteiger partial charge on any atom is 0.00414 e. The molecule has 0 radical (unpaired) electrons. The van der Waals surface area contributed by atoms with E-state index in [2.05, 4.69) is 6.58 Å². The Labute approximate surface area is 95.1 Å². The van der Waals surface area contributed by atoms with Gasteiger partial charge in [-0.15, -0.1) is 6.58 Å². The van der Waals surface area contributed by atoms with Crippen molar-refractivity contribution >= 4 is 0 Å². The lowest BCUT2D eigenvalue weighted by Crippen LogP contribution is -2.21. The summed E-state index contributed by atoms with van der Waals surface area (Å²) >= 11 is 0. The molecule has 0 bridgehead atoms. The zero-order chi connectivity index (χ0) is 10.9. The van der Waals surface area contributed by atoms with Crippen LogP contribution >= 0.6 is 0 Å². The van der Waals surface area contributed by atoms with E-state index < -0.39 is 0 Å². The van der Waals surface area contributed by atoms with Crippen LogP contribution in [-0.4, -0.2) is 6.04 Å². The molecule has 0 saturated heterocycles. The third kappa shape index (κ3) is 5.99. The highest BCUT2D eigenvalue weighted by molar-refractivity contribution is 4.73. The predicted octanol–water partition coefficient (Wildman–Crippen LogP) is 4.03. The first-order chi connectivity index (χ1) is 7.33. The van der Waals surface area contributed by atoms with Gasteiger partial charge in [0.05, 0.1) is 0 Å². The Hall–Kier alpha value is -0.300. The Balaban J connectivity index is 2.05. The molecular formula is C14H27N. The van der Waals surface area contributed by atoms with E-state index in [1.807, 2.05) is 6.08 Å². The van der Waals surface area contributed by atoms with Crippen LogP contribution in [0.3, 0.4) is 0 Å². The van der Waals surface area contributed by atoms with Gasteiger partial charge in [0.25, 0.3) is 0 Å². The van der Waals surface area contributed by atoms with Crippen molar-refractivity contribution in [3.05, 3.63) is 12.7 Å². The highest BCUT2D eigenvalue weighted by atomic mass is 14.6. The van der Waals surface area contributed by atoms with E-state index in [9.17, 15) is 0 Å². The number of unbranched alkanes of at least 4 members (excludes halogenated alkanes) is 3. The van der Waals surface area contributed by atoms with E-state index >= 15 is 0 Å². The molecule has 0 amide bonds. The summed E-state index contributed by atoms with van der Waals surface area (Å²) < 4.78 is 0. The number of hydrogen-bond acceptors (Lipinski definition) is 1. The summed E-state index contributed by atoms with van der Waals surface area (Å²) in [6.45, 7) is 3.75. The predicted molar refractivity (Wildman–Crippen MR) is 67.8 cm³/mol. The van der Waals surface area contributed by atoms with Crippen molar-refractivity contribution in [2.75, 3.05) is 0 Å². The van der Waals surface area contributed by atoms with Crippen LogP contribution < -0.4 is 5.73 Å². The lowest BCUT2D eigenvalue weighted by atomic mass is 9.92. The van der Waals surface area contributed by atoms with Gasteiger partial charge < -0.3 is 5.73 Å². The summed E-state index contributed by atoms with van der Waals surface area (Å²) in [7, 11) is 0. The van der Waals surface area contributed by atoms with Gasteiger partial charge in [-0.3, -0.25) is 0 Å². The summed E-state index contributed by atoms with van der Waals surface area (Å²) in [5.41, 5.74) is 6.06. The molecule has 88 valence electrons. The number of rotatable bonds is 6. The molecule has 0 spiro atoms. The molecule has 1 rings (SSSR count). The quantitative estimate of drug-likeness (QED) is 0.399. The van der Waals surface area contributed by atoms with E-state index in [1.165, 1.54) is 64.2 Å². The van der Waals surface area contributed by atoms with E-state index in [1.54, 1.807) is 0 Å². The van der Waals surface area contributed by atoms with Gasteiger partial charge in [0.15, 0.2) is 0 Å². The van der Waals surface area contributed by atoms with Crippen LogP contribution in [-0.2, 0) is 0 Å². The Morgan fingerprint density at radius 3 is 2.73 bits per heavy atom. The number of hydrogen-bond donors (Lipinski definition) is 1. The van der Waals surface area contributed by atoms with Crippen molar-refractivity contribution in [3.63, 3.8) is 0 Å². The third-order valence-electron chi connectivity index (χ3n) is 3.59. The topological polar surface area (TPSA) is 26.0 Å². The molecule has 15 heavy (non-hydrogen) atoms. The minimum absolute atomic E-state index is 0.491. The van der Waals surface area contributed by atoms with Crippen LogP contribution in [0.15, 0.2) is 12.7 Å². The first kappa shape index (κ1) is 12.8. The number of nitrogens with two attached hydrogens (primary N) is 1. The maximum atomic E-state index is 6.06. The van der Waals surface area contributed by atoms with Gasteiger partial charge in [0.1, 0.15) is 0 Å². The molecule has 0 aromatic carbocycles. The van der Waals surface area contributed by atoms with E-state index in [-0.39, 0.29) is 0 Å². The first-order valence-electron chi connectivity index (χ1n) is 6.69. The SMILES string of the molecule is C=CCCCCCC1CCCCC(N)C1. The molecule has 2 atom stereocenters. The summed E-state index contributed by atoms with van der Waals surface area (Å²) in [4.78, 5) is 0. The van der Waals surface area contributed by atoms with Crippen molar-refractivity contribution < 1.29 is 0 Å². The highest BCUT2D eigenvalue weighted by Crippen LogP contribution is 2.26. The molecule has 0 aliphatic heterocycles. The van der Waals surface area contributed by atoms with Gasteiger partial charge >= 0.3 is 0 Å². The van der Waals surface area contributed by atoms with Crippen LogP contribution in [0.1, 0.15) is 64.2 Å². The molecular weight excluding hydrogens is 182 g/mol. The van der Waals surface area contributed by atoms with E-state index in [4.69, 9.17) is 5.73 Å². The molecule has 2 N–H and O–H groups in total. The van der Waals surface area contributed by atoms with Crippen LogP contribution in [0.25, 0.3) is 0 Å². The standard InChI is InChI=1S/C14H27N/c1-2-3-4-5-6-9-13-10-7-8-11-14(15)12-13/h2,13-14H,1,3-12,15H2. The molecule has 1 nitrogen and oxygen atoms in total. The molecule has 0 aromatic heterocycles. The van der Waals surface area contributed by atoms with Crippen molar-refractivity contribution in [2.45, 2.75) is 70.3 Å². The van der Waals surface area contributed by atoms with Gasteiger partial charge in [0, 0.05) is 6.04 Å². The Morgan fingerprint density at radius 2 is 1.93 bits per heavy atom. The van der Waals surface area contributed by atoms with Crippen LogP contribution in [0.4, 0.5) is 0 Å². The second kappa shape index (κ2) is 7.92. The largest absolute Gasteiger partial charge is 0.328 e. The second-order valence-electron chi connectivity index (χ2n) is 5.07. The van der Waals surface area contributed by atoms with E-state index in [0.717, 1.165) is 5.92 Å². The molecule has 1 aliphatic rings. The fourth-order valence-electron chi connectivity index (χ4n) is 2.66. The Bertz CT molecular complexity index is 165. The van der Waals surface area contributed by atoms with E-state index in [0.29, 0.717) is 6.04 Å². The molecule has 1 heteroatoms. The maximum absolute atomic E-state index is 6.06. The fraction of sp³-hybridized carbons (Fsp3) is 0.857. The zero-order valence-corrected chi connectivity index (χ0v) is 10.1. The molecule has 1 saturated carbocycles.